The molecular formula is C20H21OS+. The summed E-state index contributed by atoms with van der Waals surface area (Å²) < 4.78 is 0. The largest absolute Gasteiger partial charge is 0.507 e. The Balaban J connectivity index is 2.66. The fourth-order valence-corrected chi connectivity index (χ4v) is 4.57. The van der Waals surface area contributed by atoms with Crippen LogP contribution in [-0.2, 0) is 10.9 Å². The van der Waals surface area contributed by atoms with Gasteiger partial charge in [-0.1, -0.05) is 37.4 Å². The summed E-state index contributed by atoms with van der Waals surface area (Å²) in [5, 5.41) is 10.0. The third kappa shape index (κ3) is 3.34. The number of hydrogen-bond acceptors (Lipinski definition) is 1. The van der Waals surface area contributed by atoms with Crippen molar-refractivity contribution < 1.29 is 5.11 Å². The molecule has 2 rings (SSSR count). The smallest absolute Gasteiger partial charge is 0.167 e. The van der Waals surface area contributed by atoms with Gasteiger partial charge in [-0.05, 0) is 49.3 Å². The minimum absolute atomic E-state index is 0.257. The third-order valence-corrected chi connectivity index (χ3v) is 5.62. The molecule has 0 aliphatic heterocycles. The lowest BCUT2D eigenvalue weighted by Gasteiger charge is -2.11. The van der Waals surface area contributed by atoms with Crippen molar-refractivity contribution >= 4 is 10.9 Å². The third-order valence-electron chi connectivity index (χ3n) is 3.40. The van der Waals surface area contributed by atoms with Crippen molar-refractivity contribution in [1.82, 2.24) is 0 Å². The van der Waals surface area contributed by atoms with Gasteiger partial charge in [0.05, 0.1) is 10.9 Å². The fraction of sp³-hybridized carbons (Fsp3) is 0.100. The highest BCUT2D eigenvalue weighted by Gasteiger charge is 2.30. The van der Waals surface area contributed by atoms with Gasteiger partial charge in [0, 0.05) is 12.1 Å². The first kappa shape index (κ1) is 16.2. The van der Waals surface area contributed by atoms with E-state index < -0.39 is 0 Å². The van der Waals surface area contributed by atoms with E-state index in [1.165, 1.54) is 9.79 Å². The molecule has 0 radical (unpaired) electrons. The van der Waals surface area contributed by atoms with Crippen molar-refractivity contribution in [2.24, 2.45) is 0 Å². The van der Waals surface area contributed by atoms with Crippen LogP contribution in [0.4, 0.5) is 0 Å². The Morgan fingerprint density at radius 3 is 2.09 bits per heavy atom. The minimum atomic E-state index is -0.257. The van der Waals surface area contributed by atoms with Crippen LogP contribution >= 0.6 is 0 Å². The van der Waals surface area contributed by atoms with Gasteiger partial charge in [0.1, 0.15) is 5.75 Å². The van der Waals surface area contributed by atoms with Gasteiger partial charge in [0.15, 0.2) is 14.7 Å². The van der Waals surface area contributed by atoms with Crippen LogP contribution in [0.5, 0.6) is 5.75 Å². The van der Waals surface area contributed by atoms with Gasteiger partial charge in [-0.15, -0.1) is 0 Å². The molecule has 1 atom stereocenters. The summed E-state index contributed by atoms with van der Waals surface area (Å²) in [4.78, 5) is 3.51. The predicted molar refractivity (Wildman–Crippen MR) is 96.4 cm³/mol. The van der Waals surface area contributed by atoms with E-state index in [2.05, 4.69) is 37.4 Å². The zero-order chi connectivity index (χ0) is 16.1. The molecule has 0 saturated heterocycles. The van der Waals surface area contributed by atoms with Gasteiger partial charge in [-0.3, -0.25) is 0 Å². The van der Waals surface area contributed by atoms with Crippen LogP contribution in [0.1, 0.15) is 11.1 Å². The maximum absolute atomic E-state index is 10.0. The van der Waals surface area contributed by atoms with Crippen LogP contribution in [0.2, 0.25) is 0 Å². The number of phenols is 1. The number of phenolic OH excluding ortho intramolecular Hbond substituents is 1. The van der Waals surface area contributed by atoms with Crippen molar-refractivity contribution in [1.29, 1.82) is 0 Å². The number of aryl methyl sites for hydroxylation is 2. The van der Waals surface area contributed by atoms with Crippen LogP contribution < -0.4 is 0 Å². The summed E-state index contributed by atoms with van der Waals surface area (Å²) in [5.41, 5.74) is 1.79. The van der Waals surface area contributed by atoms with Crippen LogP contribution in [0, 0.1) is 13.8 Å². The Labute approximate surface area is 135 Å². The molecule has 2 aromatic rings. The molecule has 2 aromatic carbocycles. The van der Waals surface area contributed by atoms with E-state index in [1.807, 2.05) is 44.2 Å². The highest BCUT2D eigenvalue weighted by atomic mass is 32.2. The SMILES string of the molecule is C=C/C=C(\C=C)[S+](c1ccccc1)c1cc(C)c(O)c(C)c1. The molecule has 0 saturated carbocycles. The molecule has 0 bridgehead atoms. The summed E-state index contributed by atoms with van der Waals surface area (Å²) >= 11 is 0. The Kier molecular flexibility index (Phi) is 5.29. The van der Waals surface area contributed by atoms with E-state index in [0.717, 1.165) is 16.0 Å². The quantitative estimate of drug-likeness (QED) is 0.587. The maximum atomic E-state index is 10.0. The van der Waals surface area contributed by atoms with Gasteiger partial charge in [-0.2, -0.15) is 0 Å². The second kappa shape index (κ2) is 7.19. The average molecular weight is 309 g/mol. The molecule has 0 heterocycles. The molecule has 0 aliphatic carbocycles. The Morgan fingerprint density at radius 1 is 1.00 bits per heavy atom. The number of allylic oxidation sites excluding steroid dienone is 3. The van der Waals surface area contributed by atoms with Crippen LogP contribution in [0.15, 0.2) is 88.5 Å². The van der Waals surface area contributed by atoms with Crippen molar-refractivity contribution in [3.63, 3.8) is 0 Å². The molecule has 0 fully saturated rings. The Morgan fingerprint density at radius 2 is 1.59 bits per heavy atom. The van der Waals surface area contributed by atoms with E-state index in [0.29, 0.717) is 5.75 Å². The number of benzene rings is 2. The number of aromatic hydroxyl groups is 1. The highest BCUT2D eigenvalue weighted by Crippen LogP contribution is 2.34. The molecule has 22 heavy (non-hydrogen) atoms. The van der Waals surface area contributed by atoms with Gasteiger partial charge in [0.25, 0.3) is 0 Å². The first-order valence-corrected chi connectivity index (χ1v) is 8.35. The van der Waals surface area contributed by atoms with Crippen LogP contribution in [0.25, 0.3) is 0 Å². The van der Waals surface area contributed by atoms with Crippen LogP contribution in [0.3, 0.4) is 0 Å². The van der Waals surface area contributed by atoms with Gasteiger partial charge in [-0.25, -0.2) is 0 Å². The molecule has 0 aromatic heterocycles. The summed E-state index contributed by atoms with van der Waals surface area (Å²) in [7, 11) is -0.257. The molecule has 0 amide bonds. The standard InChI is InChI=1S/C20H20OS/c1-5-10-17(6-2)22(18-11-8-7-9-12-18)19-13-15(3)20(21)16(4)14-19/h5-14H,1-2H2,3-4H3/p+1/b17-10+. The van der Waals surface area contributed by atoms with Crippen molar-refractivity contribution in [3.05, 3.63) is 89.9 Å². The molecular weight excluding hydrogens is 288 g/mol. The van der Waals surface area contributed by atoms with Crippen molar-refractivity contribution in [2.45, 2.75) is 23.6 Å². The summed E-state index contributed by atoms with van der Waals surface area (Å²) in [5.74, 6) is 0.369. The van der Waals surface area contributed by atoms with E-state index in [-0.39, 0.29) is 10.9 Å². The first-order valence-electron chi connectivity index (χ1n) is 7.13. The highest BCUT2D eigenvalue weighted by molar-refractivity contribution is 8.00. The second-order valence-electron chi connectivity index (χ2n) is 5.03. The van der Waals surface area contributed by atoms with E-state index in [4.69, 9.17) is 0 Å². The Bertz CT molecular complexity index is 691. The van der Waals surface area contributed by atoms with Gasteiger partial charge < -0.3 is 5.11 Å². The number of hydrogen-bond donors (Lipinski definition) is 1. The summed E-state index contributed by atoms with van der Waals surface area (Å²) in [6.07, 6.45) is 5.68. The molecule has 1 nitrogen and oxygen atoms in total. The lowest BCUT2D eigenvalue weighted by molar-refractivity contribution is 0.466. The lowest BCUT2D eigenvalue weighted by atomic mass is 10.1. The zero-order valence-corrected chi connectivity index (χ0v) is 13.9. The van der Waals surface area contributed by atoms with E-state index in [1.54, 1.807) is 6.08 Å². The Hall–Kier alpha value is -2.19. The molecule has 0 spiro atoms. The fourth-order valence-electron chi connectivity index (χ4n) is 2.33. The molecule has 0 aliphatic rings. The van der Waals surface area contributed by atoms with Gasteiger partial charge >= 0.3 is 0 Å². The molecule has 112 valence electrons. The maximum Gasteiger partial charge on any atom is 0.167 e. The lowest BCUT2D eigenvalue weighted by Crippen LogP contribution is -2.06. The summed E-state index contributed by atoms with van der Waals surface area (Å²) in [6, 6.07) is 14.5. The molecule has 1 N–H and O–H groups in total. The predicted octanol–water partition coefficient (Wildman–Crippen LogP) is 5.30. The van der Waals surface area contributed by atoms with Crippen molar-refractivity contribution in [2.75, 3.05) is 0 Å². The molecule has 1 unspecified atom stereocenters. The first-order chi connectivity index (χ1) is 10.6. The number of rotatable bonds is 5. The van der Waals surface area contributed by atoms with Gasteiger partial charge in [0.2, 0.25) is 0 Å². The zero-order valence-electron chi connectivity index (χ0n) is 13.0. The normalized spacial score (nSPS) is 12.7. The monoisotopic (exact) mass is 309 g/mol. The minimum Gasteiger partial charge on any atom is -0.507 e. The molecule has 2 heteroatoms. The average Bonchev–Trinajstić information content (AvgIpc) is 2.53. The summed E-state index contributed by atoms with van der Waals surface area (Å²) in [6.45, 7) is 11.6. The second-order valence-corrected chi connectivity index (χ2v) is 7.06. The van der Waals surface area contributed by atoms with E-state index >= 15 is 0 Å². The van der Waals surface area contributed by atoms with E-state index in [9.17, 15) is 5.11 Å². The van der Waals surface area contributed by atoms with Crippen molar-refractivity contribution in [3.8, 4) is 5.75 Å². The topological polar surface area (TPSA) is 20.2 Å². The van der Waals surface area contributed by atoms with Crippen LogP contribution in [-0.4, -0.2) is 5.11 Å².